The summed E-state index contributed by atoms with van der Waals surface area (Å²) in [6.45, 7) is 2.91. The van der Waals surface area contributed by atoms with E-state index in [9.17, 15) is 13.9 Å². The molecular weight excluding hydrogens is 230 g/mol. The van der Waals surface area contributed by atoms with Crippen molar-refractivity contribution in [3.8, 4) is 0 Å². The highest BCUT2D eigenvalue weighted by Gasteiger charge is 2.61. The average molecular weight is 243 g/mol. The summed E-state index contributed by atoms with van der Waals surface area (Å²) in [5.74, 6) is 0. The van der Waals surface area contributed by atoms with E-state index in [1.165, 1.54) is 13.8 Å². The van der Waals surface area contributed by atoms with Gasteiger partial charge in [0, 0.05) is 0 Å². The van der Waals surface area contributed by atoms with Gasteiger partial charge >= 0.3 is 4.83 Å². The van der Waals surface area contributed by atoms with Gasteiger partial charge in [0.05, 0.1) is 11.0 Å². The lowest BCUT2D eigenvalue weighted by Crippen LogP contribution is -2.48. The Labute approximate surface area is 79.3 Å². The van der Waals surface area contributed by atoms with Gasteiger partial charge in [-0.2, -0.15) is 8.78 Å². The highest BCUT2D eigenvalue weighted by Crippen LogP contribution is 2.57. The summed E-state index contributed by atoms with van der Waals surface area (Å²) >= 11 is 2.34. The van der Waals surface area contributed by atoms with Crippen LogP contribution in [-0.2, 0) is 0 Å². The molecule has 0 spiro atoms. The summed E-state index contributed by atoms with van der Waals surface area (Å²) in [4.78, 5) is -2.99. The number of rotatable bonds is 1. The topological polar surface area (TPSA) is 20.2 Å². The first-order chi connectivity index (χ1) is 5.21. The molecule has 1 rings (SSSR count). The van der Waals surface area contributed by atoms with Crippen molar-refractivity contribution in [2.45, 2.75) is 43.5 Å². The molecule has 0 saturated heterocycles. The highest BCUT2D eigenvalue weighted by molar-refractivity contribution is 9.10. The summed E-state index contributed by atoms with van der Waals surface area (Å²) < 4.78 is 26.1. The quantitative estimate of drug-likeness (QED) is 0.702. The third-order valence-corrected chi connectivity index (χ3v) is 4.03. The van der Waals surface area contributed by atoms with Crippen molar-refractivity contribution < 1.29 is 13.9 Å². The van der Waals surface area contributed by atoms with Crippen LogP contribution in [-0.4, -0.2) is 15.5 Å². The van der Waals surface area contributed by atoms with Crippen LogP contribution in [0.1, 0.15) is 33.1 Å². The zero-order valence-electron chi connectivity index (χ0n) is 7.20. The molecule has 0 aromatic heterocycles. The number of alkyl halides is 3. The van der Waals surface area contributed by atoms with E-state index in [1.807, 2.05) is 0 Å². The lowest BCUT2D eigenvalue weighted by atomic mass is 9.77. The van der Waals surface area contributed by atoms with E-state index in [-0.39, 0.29) is 0 Å². The van der Waals surface area contributed by atoms with Crippen molar-refractivity contribution in [1.29, 1.82) is 0 Å². The van der Waals surface area contributed by atoms with Gasteiger partial charge < -0.3 is 5.11 Å². The molecule has 1 fully saturated rings. The van der Waals surface area contributed by atoms with Gasteiger partial charge in [-0.25, -0.2) is 0 Å². The predicted molar refractivity (Wildman–Crippen MR) is 46.5 cm³/mol. The van der Waals surface area contributed by atoms with E-state index in [0.29, 0.717) is 19.3 Å². The predicted octanol–water partition coefficient (Wildman–Crippen LogP) is 2.92. The smallest absolute Gasteiger partial charge is 0.309 e. The van der Waals surface area contributed by atoms with Gasteiger partial charge in [-0.1, -0.05) is 6.92 Å². The van der Waals surface area contributed by atoms with Crippen molar-refractivity contribution in [2.24, 2.45) is 5.41 Å². The summed E-state index contributed by atoms with van der Waals surface area (Å²) in [6, 6.07) is 0. The Bertz CT molecular complexity index is 188. The Morgan fingerprint density at radius 1 is 1.33 bits per heavy atom. The molecule has 2 unspecified atom stereocenters. The fourth-order valence-corrected chi connectivity index (χ4v) is 2.40. The second-order valence-electron chi connectivity index (χ2n) is 3.96. The lowest BCUT2D eigenvalue weighted by Gasteiger charge is -2.39. The Hall–Kier alpha value is 0.300. The molecule has 72 valence electrons. The van der Waals surface area contributed by atoms with E-state index in [2.05, 4.69) is 15.9 Å². The third-order valence-electron chi connectivity index (χ3n) is 3.15. The van der Waals surface area contributed by atoms with Crippen molar-refractivity contribution >= 4 is 15.9 Å². The number of halogens is 3. The maximum atomic E-state index is 13.1. The summed E-state index contributed by atoms with van der Waals surface area (Å²) in [6.07, 6.45) is 1.47. The van der Waals surface area contributed by atoms with Crippen LogP contribution in [0.5, 0.6) is 0 Å². The summed E-state index contributed by atoms with van der Waals surface area (Å²) in [5.41, 5.74) is -2.60. The fraction of sp³-hybridized carbons (Fsp3) is 1.00. The van der Waals surface area contributed by atoms with Crippen LogP contribution in [0.2, 0.25) is 0 Å². The Morgan fingerprint density at radius 2 is 1.83 bits per heavy atom. The van der Waals surface area contributed by atoms with Crippen molar-refractivity contribution in [2.75, 3.05) is 0 Å². The van der Waals surface area contributed by atoms with Crippen molar-refractivity contribution in [3.63, 3.8) is 0 Å². The molecule has 1 saturated carbocycles. The largest absolute Gasteiger partial charge is 0.389 e. The Morgan fingerprint density at radius 3 is 2.00 bits per heavy atom. The van der Waals surface area contributed by atoms with Crippen molar-refractivity contribution in [1.82, 2.24) is 0 Å². The Balaban J connectivity index is 2.98. The molecule has 1 aliphatic carbocycles. The second kappa shape index (κ2) is 2.64. The molecule has 2 atom stereocenters. The van der Waals surface area contributed by atoms with Crippen LogP contribution in [0, 0.1) is 5.41 Å². The fourth-order valence-electron chi connectivity index (χ4n) is 1.78. The van der Waals surface area contributed by atoms with Crippen LogP contribution < -0.4 is 0 Å². The van der Waals surface area contributed by atoms with E-state index in [1.54, 1.807) is 0 Å². The van der Waals surface area contributed by atoms with Gasteiger partial charge in [-0.15, -0.1) is 0 Å². The monoisotopic (exact) mass is 242 g/mol. The van der Waals surface area contributed by atoms with Gasteiger partial charge in [0.15, 0.2) is 0 Å². The number of hydrogen-bond donors (Lipinski definition) is 1. The Kier molecular flexibility index (Phi) is 2.29. The maximum Gasteiger partial charge on any atom is 0.309 e. The lowest BCUT2D eigenvalue weighted by molar-refractivity contribution is -0.134. The van der Waals surface area contributed by atoms with Gasteiger partial charge in [0.2, 0.25) is 0 Å². The number of hydrogen-bond acceptors (Lipinski definition) is 1. The first-order valence-electron chi connectivity index (χ1n) is 4.00. The zero-order chi connectivity index (χ0) is 9.62. The van der Waals surface area contributed by atoms with Crippen LogP contribution in [0.15, 0.2) is 0 Å². The van der Waals surface area contributed by atoms with Crippen LogP contribution >= 0.6 is 15.9 Å². The first kappa shape index (κ1) is 10.4. The number of aliphatic hydroxyl groups is 1. The van der Waals surface area contributed by atoms with Gasteiger partial charge in [-0.3, -0.25) is 0 Å². The molecule has 0 heterocycles. The maximum absolute atomic E-state index is 13.1. The SMILES string of the molecule is CC1(O)CCCC1(C)C(F)(F)Br. The standard InChI is InChI=1S/C8H13BrF2O/c1-6(8(9,10)11)4-3-5-7(6,2)12/h12H,3-5H2,1-2H3. The van der Waals surface area contributed by atoms with Crippen molar-refractivity contribution in [3.05, 3.63) is 0 Å². The van der Waals surface area contributed by atoms with Crippen LogP contribution in [0.4, 0.5) is 8.78 Å². The molecule has 0 aromatic rings. The van der Waals surface area contributed by atoms with E-state index < -0.39 is 15.8 Å². The molecule has 0 aliphatic heterocycles. The third kappa shape index (κ3) is 1.29. The van der Waals surface area contributed by atoms with Gasteiger partial charge in [0.25, 0.3) is 0 Å². The average Bonchev–Trinajstić information content (AvgIpc) is 2.07. The molecule has 1 aliphatic rings. The minimum atomic E-state index is -2.99. The normalized spacial score (nSPS) is 43.5. The second-order valence-corrected chi connectivity index (χ2v) is 4.95. The van der Waals surface area contributed by atoms with Crippen LogP contribution in [0.3, 0.4) is 0 Å². The molecule has 0 bridgehead atoms. The van der Waals surface area contributed by atoms with E-state index in [4.69, 9.17) is 0 Å². The molecule has 0 radical (unpaired) electrons. The first-order valence-corrected chi connectivity index (χ1v) is 4.79. The minimum absolute atomic E-state index is 0.359. The molecule has 1 nitrogen and oxygen atoms in total. The molecule has 0 aromatic carbocycles. The summed E-state index contributed by atoms with van der Waals surface area (Å²) in [7, 11) is 0. The summed E-state index contributed by atoms with van der Waals surface area (Å²) in [5, 5.41) is 9.74. The van der Waals surface area contributed by atoms with Crippen LogP contribution in [0.25, 0.3) is 0 Å². The molecule has 1 N–H and O–H groups in total. The van der Waals surface area contributed by atoms with Gasteiger partial charge in [-0.05, 0) is 42.1 Å². The van der Waals surface area contributed by atoms with Gasteiger partial charge in [0.1, 0.15) is 0 Å². The highest BCUT2D eigenvalue weighted by atomic mass is 79.9. The van der Waals surface area contributed by atoms with E-state index in [0.717, 1.165) is 0 Å². The molecule has 12 heavy (non-hydrogen) atoms. The minimum Gasteiger partial charge on any atom is -0.389 e. The molecular formula is C8H13BrF2O. The molecule has 0 amide bonds. The van der Waals surface area contributed by atoms with E-state index >= 15 is 0 Å². The zero-order valence-corrected chi connectivity index (χ0v) is 8.79. The molecule has 4 heteroatoms.